The molecule has 0 saturated carbocycles. The van der Waals surface area contributed by atoms with E-state index < -0.39 is 17.1 Å². The van der Waals surface area contributed by atoms with Crippen molar-refractivity contribution in [2.24, 2.45) is 24.3 Å². The average Bonchev–Trinajstić information content (AvgIpc) is 2.43. The number of hydrogen-bond acceptors (Lipinski definition) is 5. The summed E-state index contributed by atoms with van der Waals surface area (Å²) in [5.41, 5.74) is -0.0283. The van der Waals surface area contributed by atoms with Gasteiger partial charge in [0.1, 0.15) is 0 Å². The van der Waals surface area contributed by atoms with Gasteiger partial charge in [-0.3, -0.25) is 13.9 Å². The molecular formula is C13H14N4O3. The molecule has 0 fully saturated rings. The predicted molar refractivity (Wildman–Crippen MR) is 73.9 cm³/mol. The number of nitrogens with zero attached hydrogens (tertiary/aromatic N) is 4. The molecule has 0 bridgehead atoms. The lowest BCUT2D eigenvalue weighted by atomic mass is 10.2. The smallest absolute Gasteiger partial charge is 0.333 e. The van der Waals surface area contributed by atoms with Crippen molar-refractivity contribution < 1.29 is 5.11 Å². The predicted octanol–water partition coefficient (Wildman–Crippen LogP) is 1.51. The van der Waals surface area contributed by atoms with Gasteiger partial charge in [0, 0.05) is 14.1 Å². The van der Waals surface area contributed by atoms with Crippen LogP contribution in [0.5, 0.6) is 5.88 Å². The van der Waals surface area contributed by atoms with E-state index >= 15 is 0 Å². The summed E-state index contributed by atoms with van der Waals surface area (Å²) in [6.07, 6.45) is 0. The fraction of sp³-hybridized carbons (Fsp3) is 0.231. The van der Waals surface area contributed by atoms with Gasteiger partial charge < -0.3 is 5.11 Å². The summed E-state index contributed by atoms with van der Waals surface area (Å²) < 4.78 is 1.80. The molecule has 0 amide bonds. The second-order valence-electron chi connectivity index (χ2n) is 4.42. The average molecular weight is 274 g/mol. The van der Waals surface area contributed by atoms with Crippen LogP contribution in [0.15, 0.2) is 44.1 Å². The maximum absolute atomic E-state index is 11.9. The van der Waals surface area contributed by atoms with Crippen molar-refractivity contribution in [3.05, 3.63) is 50.7 Å². The molecule has 0 saturated heterocycles. The van der Waals surface area contributed by atoms with Gasteiger partial charge in [-0.25, -0.2) is 4.79 Å². The van der Waals surface area contributed by atoms with E-state index in [4.69, 9.17) is 0 Å². The zero-order chi connectivity index (χ0) is 14.9. The van der Waals surface area contributed by atoms with E-state index in [0.717, 1.165) is 14.7 Å². The fourth-order valence-corrected chi connectivity index (χ4v) is 1.70. The Balaban J connectivity index is 2.55. The Morgan fingerprint density at radius 2 is 1.80 bits per heavy atom. The molecule has 0 atom stereocenters. The molecule has 1 aromatic carbocycles. The third kappa shape index (κ3) is 2.37. The van der Waals surface area contributed by atoms with Crippen LogP contribution in [-0.2, 0) is 14.1 Å². The number of rotatable bonds is 2. The molecule has 0 aliphatic carbocycles. The highest BCUT2D eigenvalue weighted by Crippen LogP contribution is 2.22. The number of aromatic hydroxyl groups is 1. The quantitative estimate of drug-likeness (QED) is 0.842. The highest BCUT2D eigenvalue weighted by atomic mass is 16.3. The Morgan fingerprint density at radius 3 is 2.45 bits per heavy atom. The van der Waals surface area contributed by atoms with Crippen molar-refractivity contribution in [2.45, 2.75) is 6.92 Å². The maximum atomic E-state index is 11.9. The Morgan fingerprint density at radius 1 is 1.10 bits per heavy atom. The first-order valence-electron chi connectivity index (χ1n) is 5.89. The SMILES string of the molecule is Cc1cccc(N=Nc2c(O)n(C)c(=O)n(C)c2=O)c1. The van der Waals surface area contributed by atoms with Crippen LogP contribution >= 0.6 is 0 Å². The van der Waals surface area contributed by atoms with Gasteiger partial charge in [0.25, 0.3) is 5.56 Å². The van der Waals surface area contributed by atoms with Gasteiger partial charge in [0.15, 0.2) is 0 Å². The lowest BCUT2D eigenvalue weighted by Gasteiger charge is -2.06. The van der Waals surface area contributed by atoms with E-state index in [9.17, 15) is 14.7 Å². The normalized spacial score (nSPS) is 11.2. The Hall–Kier alpha value is -2.70. The number of aryl methyl sites for hydroxylation is 1. The van der Waals surface area contributed by atoms with Crippen LogP contribution < -0.4 is 11.2 Å². The molecule has 0 spiro atoms. The lowest BCUT2D eigenvalue weighted by molar-refractivity contribution is 0.413. The molecule has 1 heterocycles. The third-order valence-electron chi connectivity index (χ3n) is 2.88. The topological polar surface area (TPSA) is 88.9 Å². The molecular weight excluding hydrogens is 260 g/mol. The summed E-state index contributed by atoms with van der Waals surface area (Å²) in [5.74, 6) is -0.505. The first-order chi connectivity index (χ1) is 9.41. The number of benzene rings is 1. The standard InChI is InChI=1S/C13H14N4O3/c1-8-5-4-6-9(7-8)14-15-10-11(18)16(2)13(20)17(3)12(10)19/h4-7,18H,1-3H3. The van der Waals surface area contributed by atoms with Crippen LogP contribution in [0, 0.1) is 6.92 Å². The third-order valence-corrected chi connectivity index (χ3v) is 2.88. The van der Waals surface area contributed by atoms with Gasteiger partial charge in [0.05, 0.1) is 5.69 Å². The first kappa shape index (κ1) is 13.7. The number of aromatic nitrogens is 2. The molecule has 0 aliphatic rings. The largest absolute Gasteiger partial charge is 0.493 e. The van der Waals surface area contributed by atoms with Crippen molar-refractivity contribution >= 4 is 11.4 Å². The van der Waals surface area contributed by atoms with E-state index in [0.29, 0.717) is 5.69 Å². The minimum absolute atomic E-state index is 0.267. The summed E-state index contributed by atoms with van der Waals surface area (Å²) >= 11 is 0. The molecule has 1 N–H and O–H groups in total. The molecule has 7 heteroatoms. The molecule has 0 aliphatic heterocycles. The zero-order valence-electron chi connectivity index (χ0n) is 11.4. The molecule has 2 aromatic rings. The van der Waals surface area contributed by atoms with Gasteiger partial charge in [-0.2, -0.15) is 5.11 Å². The maximum Gasteiger partial charge on any atom is 0.333 e. The Kier molecular flexibility index (Phi) is 3.51. The van der Waals surface area contributed by atoms with Crippen LogP contribution in [0.25, 0.3) is 0 Å². The van der Waals surface area contributed by atoms with Gasteiger partial charge in [-0.15, -0.1) is 5.11 Å². The van der Waals surface area contributed by atoms with E-state index in [2.05, 4.69) is 10.2 Å². The minimum atomic E-state index is -0.693. The molecule has 0 unspecified atom stereocenters. The van der Waals surface area contributed by atoms with Crippen LogP contribution in [0.3, 0.4) is 0 Å². The van der Waals surface area contributed by atoms with Crippen molar-refractivity contribution in [2.75, 3.05) is 0 Å². The van der Waals surface area contributed by atoms with E-state index in [1.54, 1.807) is 12.1 Å². The van der Waals surface area contributed by atoms with Crippen LogP contribution in [0.1, 0.15) is 5.56 Å². The summed E-state index contributed by atoms with van der Waals surface area (Å²) in [4.78, 5) is 23.5. The molecule has 1 aromatic heterocycles. The van der Waals surface area contributed by atoms with Gasteiger partial charge in [-0.1, -0.05) is 12.1 Å². The van der Waals surface area contributed by atoms with Gasteiger partial charge >= 0.3 is 5.69 Å². The van der Waals surface area contributed by atoms with Crippen LogP contribution in [-0.4, -0.2) is 14.2 Å². The van der Waals surface area contributed by atoms with Crippen molar-refractivity contribution in [3.63, 3.8) is 0 Å². The monoisotopic (exact) mass is 274 g/mol. The lowest BCUT2D eigenvalue weighted by Crippen LogP contribution is -2.36. The highest BCUT2D eigenvalue weighted by Gasteiger charge is 2.14. The van der Waals surface area contributed by atoms with E-state index in [-0.39, 0.29) is 5.69 Å². The summed E-state index contributed by atoms with van der Waals surface area (Å²) in [6, 6.07) is 7.22. The Labute approximate surface area is 114 Å². The molecule has 104 valence electrons. The molecule has 2 rings (SSSR count). The minimum Gasteiger partial charge on any atom is -0.493 e. The summed E-state index contributed by atoms with van der Waals surface area (Å²) in [7, 11) is 2.67. The number of hydrogen-bond donors (Lipinski definition) is 1. The van der Waals surface area contributed by atoms with E-state index in [1.165, 1.54) is 14.1 Å². The van der Waals surface area contributed by atoms with Crippen molar-refractivity contribution in [1.29, 1.82) is 0 Å². The van der Waals surface area contributed by atoms with Crippen LogP contribution in [0.2, 0.25) is 0 Å². The summed E-state index contributed by atoms with van der Waals surface area (Å²) in [6.45, 7) is 1.90. The zero-order valence-corrected chi connectivity index (χ0v) is 11.4. The second-order valence-corrected chi connectivity index (χ2v) is 4.42. The Bertz CT molecular complexity index is 802. The molecule has 0 radical (unpaired) electrons. The molecule has 7 nitrogen and oxygen atoms in total. The number of azo groups is 1. The van der Waals surface area contributed by atoms with Crippen molar-refractivity contribution in [3.8, 4) is 5.88 Å². The van der Waals surface area contributed by atoms with E-state index in [1.807, 2.05) is 19.1 Å². The summed E-state index contributed by atoms with van der Waals surface area (Å²) in [5, 5.41) is 17.5. The second kappa shape index (κ2) is 5.12. The highest BCUT2D eigenvalue weighted by molar-refractivity contribution is 5.45. The van der Waals surface area contributed by atoms with Gasteiger partial charge in [-0.05, 0) is 24.6 Å². The van der Waals surface area contributed by atoms with Crippen molar-refractivity contribution in [1.82, 2.24) is 9.13 Å². The first-order valence-corrected chi connectivity index (χ1v) is 5.89. The van der Waals surface area contributed by atoms with Gasteiger partial charge in [0.2, 0.25) is 11.6 Å². The fourth-order valence-electron chi connectivity index (χ4n) is 1.70. The van der Waals surface area contributed by atoms with Crippen LogP contribution in [0.4, 0.5) is 11.4 Å². The molecule has 20 heavy (non-hydrogen) atoms.